The van der Waals surface area contributed by atoms with E-state index >= 15 is 0 Å². The highest BCUT2D eigenvalue weighted by Crippen LogP contribution is 2.37. The van der Waals surface area contributed by atoms with E-state index in [2.05, 4.69) is 48.9 Å². The standard InChI is InChI=1S/C21H23ClN2O2S.BrH/c1-6-24-18(15-9-13(2)7-8-14(15)3)12-27-21(24)23-17-11-19(25-4)16(22)10-20(17)26-5;/h7-12H,6H2,1-5H3;1H. The highest BCUT2D eigenvalue weighted by atomic mass is 79.9. The molecule has 150 valence electrons. The van der Waals surface area contributed by atoms with Gasteiger partial charge in [-0.15, -0.1) is 28.3 Å². The smallest absolute Gasteiger partial charge is 0.190 e. The number of aryl methyl sites for hydroxylation is 2. The van der Waals surface area contributed by atoms with Crippen molar-refractivity contribution in [3.8, 4) is 22.8 Å². The lowest BCUT2D eigenvalue weighted by atomic mass is 10.0. The fourth-order valence-corrected chi connectivity index (χ4v) is 4.19. The fourth-order valence-electron chi connectivity index (χ4n) is 2.99. The Hall–Kier alpha value is -1.76. The second-order valence-corrected chi connectivity index (χ2v) is 7.48. The van der Waals surface area contributed by atoms with Crippen LogP contribution in [-0.2, 0) is 6.54 Å². The van der Waals surface area contributed by atoms with Crippen molar-refractivity contribution in [1.82, 2.24) is 4.57 Å². The molecule has 0 spiro atoms. The highest BCUT2D eigenvalue weighted by molar-refractivity contribution is 8.93. The molecule has 0 aliphatic rings. The Balaban J connectivity index is 0.00000280. The summed E-state index contributed by atoms with van der Waals surface area (Å²) in [5.74, 6) is 1.19. The van der Waals surface area contributed by atoms with Crippen molar-refractivity contribution in [2.24, 2.45) is 4.99 Å². The van der Waals surface area contributed by atoms with E-state index in [1.54, 1.807) is 37.7 Å². The van der Waals surface area contributed by atoms with Crippen LogP contribution in [0.4, 0.5) is 5.69 Å². The Bertz CT molecular complexity index is 1040. The number of hydrogen-bond donors (Lipinski definition) is 0. The van der Waals surface area contributed by atoms with Gasteiger partial charge in [-0.25, -0.2) is 4.99 Å². The van der Waals surface area contributed by atoms with Gasteiger partial charge < -0.3 is 14.0 Å². The molecule has 0 radical (unpaired) electrons. The SMILES string of the molecule is Br.CCn1c(-c2cc(C)ccc2C)csc1=Nc1cc(OC)c(Cl)cc1OC. The van der Waals surface area contributed by atoms with Gasteiger partial charge in [-0.2, -0.15) is 0 Å². The topological polar surface area (TPSA) is 35.8 Å². The van der Waals surface area contributed by atoms with Gasteiger partial charge in [0.15, 0.2) is 4.80 Å². The molecule has 0 N–H and O–H groups in total. The number of nitrogens with zero attached hydrogens (tertiary/aromatic N) is 2. The maximum Gasteiger partial charge on any atom is 0.190 e. The van der Waals surface area contributed by atoms with Gasteiger partial charge >= 0.3 is 0 Å². The van der Waals surface area contributed by atoms with Gasteiger partial charge in [0.1, 0.15) is 17.2 Å². The predicted octanol–water partition coefficient (Wildman–Crippen LogP) is 6.33. The van der Waals surface area contributed by atoms with Crippen LogP contribution in [0.3, 0.4) is 0 Å². The van der Waals surface area contributed by atoms with Crippen LogP contribution in [0, 0.1) is 13.8 Å². The molecule has 2 aromatic carbocycles. The highest BCUT2D eigenvalue weighted by Gasteiger charge is 2.12. The number of ether oxygens (including phenoxy) is 2. The summed E-state index contributed by atoms with van der Waals surface area (Å²) in [4.78, 5) is 5.75. The van der Waals surface area contributed by atoms with Gasteiger partial charge in [0.05, 0.1) is 24.9 Å². The summed E-state index contributed by atoms with van der Waals surface area (Å²) in [6, 6.07) is 10.1. The van der Waals surface area contributed by atoms with E-state index in [9.17, 15) is 0 Å². The summed E-state index contributed by atoms with van der Waals surface area (Å²) in [7, 11) is 3.20. The predicted molar refractivity (Wildman–Crippen MR) is 123 cm³/mol. The molecule has 1 aromatic heterocycles. The third kappa shape index (κ3) is 4.45. The molecular formula is C21H24BrClN2O2S. The van der Waals surface area contributed by atoms with Crippen molar-refractivity contribution in [3.05, 3.63) is 56.7 Å². The zero-order chi connectivity index (χ0) is 19.6. The van der Waals surface area contributed by atoms with Gasteiger partial charge in [-0.3, -0.25) is 0 Å². The minimum Gasteiger partial charge on any atom is -0.495 e. The lowest BCUT2D eigenvalue weighted by Gasteiger charge is -2.11. The third-order valence-corrected chi connectivity index (χ3v) is 5.61. The number of aromatic nitrogens is 1. The Kier molecular flexibility index (Phi) is 7.75. The molecule has 28 heavy (non-hydrogen) atoms. The van der Waals surface area contributed by atoms with Crippen LogP contribution in [0.25, 0.3) is 11.3 Å². The van der Waals surface area contributed by atoms with Gasteiger partial charge in [0.2, 0.25) is 0 Å². The minimum absolute atomic E-state index is 0. The molecule has 0 amide bonds. The number of methoxy groups -OCH3 is 2. The van der Waals surface area contributed by atoms with Crippen LogP contribution in [0.2, 0.25) is 5.02 Å². The Morgan fingerprint density at radius 2 is 1.79 bits per heavy atom. The van der Waals surface area contributed by atoms with E-state index in [1.807, 2.05) is 0 Å². The van der Waals surface area contributed by atoms with E-state index in [0.717, 1.165) is 11.3 Å². The Morgan fingerprint density at radius 1 is 1.07 bits per heavy atom. The minimum atomic E-state index is 0. The summed E-state index contributed by atoms with van der Waals surface area (Å²) in [6.07, 6.45) is 0. The molecule has 1 heterocycles. The zero-order valence-electron chi connectivity index (χ0n) is 16.6. The van der Waals surface area contributed by atoms with Crippen LogP contribution >= 0.6 is 39.9 Å². The maximum atomic E-state index is 6.21. The van der Waals surface area contributed by atoms with Crippen molar-refractivity contribution in [2.75, 3.05) is 14.2 Å². The molecule has 0 fully saturated rings. The lowest BCUT2D eigenvalue weighted by Crippen LogP contribution is -2.14. The van der Waals surface area contributed by atoms with Crippen LogP contribution in [0.1, 0.15) is 18.1 Å². The average molecular weight is 484 g/mol. The molecule has 4 nitrogen and oxygen atoms in total. The molecule has 3 rings (SSSR count). The van der Waals surface area contributed by atoms with E-state index in [4.69, 9.17) is 26.1 Å². The quantitative estimate of drug-likeness (QED) is 0.425. The molecule has 0 atom stereocenters. The van der Waals surface area contributed by atoms with Gasteiger partial charge in [-0.1, -0.05) is 29.3 Å². The molecule has 7 heteroatoms. The molecule has 0 saturated heterocycles. The summed E-state index contributed by atoms with van der Waals surface area (Å²) < 4.78 is 13.0. The molecule has 0 aliphatic heterocycles. The summed E-state index contributed by atoms with van der Waals surface area (Å²) in [6.45, 7) is 7.19. The molecule has 3 aromatic rings. The number of rotatable bonds is 5. The third-order valence-electron chi connectivity index (χ3n) is 4.45. The van der Waals surface area contributed by atoms with E-state index in [0.29, 0.717) is 22.2 Å². The average Bonchev–Trinajstić information content (AvgIpc) is 3.07. The van der Waals surface area contributed by atoms with Crippen LogP contribution in [0.5, 0.6) is 11.5 Å². The van der Waals surface area contributed by atoms with Gasteiger partial charge in [-0.05, 0) is 32.4 Å². The first-order valence-corrected chi connectivity index (χ1v) is 9.96. The zero-order valence-corrected chi connectivity index (χ0v) is 19.9. The summed E-state index contributed by atoms with van der Waals surface area (Å²) in [5.41, 5.74) is 5.58. The fraction of sp³-hybridized carbons (Fsp3) is 0.286. The number of benzene rings is 2. The Labute approximate surface area is 185 Å². The monoisotopic (exact) mass is 482 g/mol. The van der Waals surface area contributed by atoms with Crippen LogP contribution in [0.15, 0.2) is 40.7 Å². The van der Waals surface area contributed by atoms with Gasteiger partial charge in [0, 0.05) is 29.6 Å². The van der Waals surface area contributed by atoms with Crippen molar-refractivity contribution in [2.45, 2.75) is 27.3 Å². The van der Waals surface area contributed by atoms with Crippen molar-refractivity contribution in [1.29, 1.82) is 0 Å². The van der Waals surface area contributed by atoms with E-state index in [1.165, 1.54) is 22.4 Å². The number of halogens is 2. The van der Waals surface area contributed by atoms with Crippen molar-refractivity contribution < 1.29 is 9.47 Å². The molecule has 0 unspecified atom stereocenters. The Morgan fingerprint density at radius 3 is 2.43 bits per heavy atom. The first-order valence-electron chi connectivity index (χ1n) is 8.70. The van der Waals surface area contributed by atoms with Gasteiger partial charge in [0.25, 0.3) is 0 Å². The van der Waals surface area contributed by atoms with E-state index < -0.39 is 0 Å². The number of hydrogen-bond acceptors (Lipinski definition) is 4. The van der Waals surface area contributed by atoms with E-state index in [-0.39, 0.29) is 17.0 Å². The normalized spacial score (nSPS) is 11.3. The van der Waals surface area contributed by atoms with Crippen molar-refractivity contribution >= 4 is 45.6 Å². The molecule has 0 bridgehead atoms. The lowest BCUT2D eigenvalue weighted by molar-refractivity contribution is 0.404. The summed E-state index contributed by atoms with van der Waals surface area (Å²) in [5, 5.41) is 2.66. The van der Waals surface area contributed by atoms with Crippen LogP contribution < -0.4 is 14.3 Å². The second kappa shape index (κ2) is 9.63. The molecule has 0 saturated carbocycles. The second-order valence-electron chi connectivity index (χ2n) is 6.24. The first-order chi connectivity index (χ1) is 13.0. The largest absolute Gasteiger partial charge is 0.495 e. The molecule has 0 aliphatic carbocycles. The molecular weight excluding hydrogens is 460 g/mol. The first kappa shape index (κ1) is 22.5. The van der Waals surface area contributed by atoms with Crippen molar-refractivity contribution in [3.63, 3.8) is 0 Å². The number of thiazole rings is 1. The van der Waals surface area contributed by atoms with Crippen LogP contribution in [-0.4, -0.2) is 18.8 Å². The maximum absolute atomic E-state index is 6.21. The summed E-state index contributed by atoms with van der Waals surface area (Å²) >= 11 is 7.82.